The van der Waals surface area contributed by atoms with E-state index < -0.39 is 5.97 Å². The minimum Gasteiger partial charge on any atom is -0.477 e. The quantitative estimate of drug-likeness (QED) is 0.917. The van der Waals surface area contributed by atoms with Crippen molar-refractivity contribution in [2.45, 2.75) is 19.8 Å². The van der Waals surface area contributed by atoms with E-state index in [4.69, 9.17) is 5.11 Å². The lowest BCUT2D eigenvalue weighted by Crippen LogP contribution is -2.09. The zero-order chi connectivity index (χ0) is 17.3. The van der Waals surface area contributed by atoms with Crippen molar-refractivity contribution in [3.8, 4) is 16.8 Å². The number of nitrogens with zero attached hydrogens (tertiary/aromatic N) is 3. The van der Waals surface area contributed by atoms with E-state index >= 15 is 0 Å². The van der Waals surface area contributed by atoms with Crippen molar-refractivity contribution < 1.29 is 9.90 Å². The van der Waals surface area contributed by atoms with Crippen molar-refractivity contribution in [2.24, 2.45) is 5.92 Å². The van der Waals surface area contributed by atoms with Gasteiger partial charge in [-0.1, -0.05) is 31.2 Å². The summed E-state index contributed by atoms with van der Waals surface area (Å²) in [7, 11) is 0. The van der Waals surface area contributed by atoms with Gasteiger partial charge < -0.3 is 5.11 Å². The van der Waals surface area contributed by atoms with Gasteiger partial charge in [-0.3, -0.25) is 4.98 Å². The van der Waals surface area contributed by atoms with Gasteiger partial charge in [0, 0.05) is 12.1 Å². The van der Waals surface area contributed by atoms with E-state index in [1.807, 2.05) is 12.2 Å². The highest BCUT2D eigenvalue weighted by molar-refractivity contribution is 7.17. The van der Waals surface area contributed by atoms with E-state index in [0.29, 0.717) is 22.0 Å². The second-order valence-electron chi connectivity index (χ2n) is 5.66. The second kappa shape index (κ2) is 6.38. The molecular weight excluding hydrogens is 322 g/mol. The summed E-state index contributed by atoms with van der Waals surface area (Å²) < 4.78 is 0. The van der Waals surface area contributed by atoms with Crippen molar-refractivity contribution in [1.82, 2.24) is 9.97 Å². The van der Waals surface area contributed by atoms with Crippen LogP contribution in [0.4, 0.5) is 0 Å². The van der Waals surface area contributed by atoms with Crippen LogP contribution >= 0.6 is 11.3 Å². The highest BCUT2D eigenvalue weighted by Crippen LogP contribution is 2.34. The molecule has 0 bridgehead atoms. The fourth-order valence-electron chi connectivity index (χ4n) is 2.75. The van der Waals surface area contributed by atoms with Crippen molar-refractivity contribution in [3.63, 3.8) is 0 Å². The van der Waals surface area contributed by atoms with Gasteiger partial charge in [0.25, 0.3) is 0 Å². The summed E-state index contributed by atoms with van der Waals surface area (Å²) in [6.45, 7) is 3.76. The van der Waals surface area contributed by atoms with Crippen LogP contribution in [0.5, 0.6) is 0 Å². The Morgan fingerprint density at radius 3 is 2.75 bits per heavy atom. The van der Waals surface area contributed by atoms with Gasteiger partial charge in [0.15, 0.2) is 0 Å². The number of rotatable bonds is 3. The first-order valence-corrected chi connectivity index (χ1v) is 8.29. The fraction of sp³-hybridized carbons (Fsp3) is 0.222. The molecule has 3 rings (SSSR count). The number of carboxylic acid groups (broad SMARTS) is 1. The first-order chi connectivity index (χ1) is 11.5. The molecule has 0 amide bonds. The molecular formula is C18H15N3O2S. The normalized spacial score (nSPS) is 19.2. The van der Waals surface area contributed by atoms with Crippen molar-refractivity contribution in [2.75, 3.05) is 0 Å². The lowest BCUT2D eigenvalue weighted by atomic mass is 9.83. The fourth-order valence-corrected chi connectivity index (χ4v) is 3.63. The van der Waals surface area contributed by atoms with Crippen LogP contribution in [0, 0.1) is 24.2 Å². The van der Waals surface area contributed by atoms with E-state index in [9.17, 15) is 10.1 Å². The topological polar surface area (TPSA) is 86.9 Å². The SMILES string of the molecule is Cc1nc(-c2cc(C#N)c(C3C=CC=CC3C)cn2)sc1C(=O)O. The van der Waals surface area contributed by atoms with E-state index in [0.717, 1.165) is 16.9 Å². The summed E-state index contributed by atoms with van der Waals surface area (Å²) in [5.41, 5.74) is 2.40. The minimum absolute atomic E-state index is 0.110. The summed E-state index contributed by atoms with van der Waals surface area (Å²) in [5.74, 6) is -0.601. The molecule has 2 heterocycles. The van der Waals surface area contributed by atoms with Gasteiger partial charge in [0.2, 0.25) is 0 Å². The predicted molar refractivity (Wildman–Crippen MR) is 91.9 cm³/mol. The summed E-state index contributed by atoms with van der Waals surface area (Å²) in [6.07, 6.45) is 9.85. The van der Waals surface area contributed by atoms with E-state index in [1.54, 1.807) is 19.2 Å². The van der Waals surface area contributed by atoms with Crippen molar-refractivity contribution in [3.05, 3.63) is 58.3 Å². The van der Waals surface area contributed by atoms with Crippen LogP contribution in [0.25, 0.3) is 10.7 Å². The Hall–Kier alpha value is -2.78. The number of hydrogen-bond acceptors (Lipinski definition) is 5. The molecule has 0 aliphatic heterocycles. The third-order valence-corrected chi connectivity index (χ3v) is 5.20. The number of aryl methyl sites for hydroxylation is 1. The number of carbonyl (C=O) groups is 1. The number of thiazole rings is 1. The minimum atomic E-state index is -0.999. The molecule has 5 nitrogen and oxygen atoms in total. The van der Waals surface area contributed by atoms with Crippen LogP contribution in [0.15, 0.2) is 36.6 Å². The Kier molecular flexibility index (Phi) is 4.28. The monoisotopic (exact) mass is 337 g/mol. The Labute approximate surface area is 143 Å². The highest BCUT2D eigenvalue weighted by Gasteiger charge is 2.22. The van der Waals surface area contributed by atoms with E-state index in [2.05, 4.69) is 35.1 Å². The number of carboxylic acids is 1. The average molecular weight is 337 g/mol. The molecule has 0 radical (unpaired) electrons. The molecule has 1 N–H and O–H groups in total. The molecule has 1 aliphatic carbocycles. The number of aromatic nitrogens is 2. The molecule has 6 heteroatoms. The molecule has 2 unspecified atom stereocenters. The molecule has 2 aromatic heterocycles. The lowest BCUT2D eigenvalue weighted by Gasteiger charge is -2.21. The molecule has 0 saturated heterocycles. The Morgan fingerprint density at radius 2 is 2.12 bits per heavy atom. The maximum atomic E-state index is 11.2. The van der Waals surface area contributed by atoms with Crippen molar-refractivity contribution in [1.29, 1.82) is 5.26 Å². The van der Waals surface area contributed by atoms with Crippen LogP contribution in [-0.2, 0) is 0 Å². The van der Waals surface area contributed by atoms with Crippen LogP contribution in [0.2, 0.25) is 0 Å². The van der Waals surface area contributed by atoms with Gasteiger partial charge in [-0.15, -0.1) is 11.3 Å². The Balaban J connectivity index is 2.03. The maximum Gasteiger partial charge on any atom is 0.347 e. The molecule has 0 saturated carbocycles. The van der Waals surface area contributed by atoms with Gasteiger partial charge >= 0.3 is 5.97 Å². The number of aromatic carboxylic acids is 1. The van der Waals surface area contributed by atoms with Crippen LogP contribution in [0.3, 0.4) is 0 Å². The first kappa shape index (κ1) is 16.1. The number of nitriles is 1. The summed E-state index contributed by atoms with van der Waals surface area (Å²) >= 11 is 1.07. The third-order valence-electron chi connectivity index (χ3n) is 4.03. The second-order valence-corrected chi connectivity index (χ2v) is 6.66. The maximum absolute atomic E-state index is 11.2. The van der Waals surface area contributed by atoms with Crippen molar-refractivity contribution >= 4 is 17.3 Å². The molecule has 24 heavy (non-hydrogen) atoms. The molecule has 2 aromatic rings. The smallest absolute Gasteiger partial charge is 0.347 e. The first-order valence-electron chi connectivity index (χ1n) is 7.47. The standard InChI is InChI=1S/C18H15N3O2S/c1-10-5-3-4-6-13(10)14-9-20-15(7-12(14)8-19)17-21-11(2)16(24-17)18(22)23/h3-7,9-10,13H,1-2H3,(H,22,23). The number of hydrogen-bond donors (Lipinski definition) is 1. The molecule has 0 spiro atoms. The van der Waals surface area contributed by atoms with Crippen LogP contribution in [-0.4, -0.2) is 21.0 Å². The molecule has 120 valence electrons. The van der Waals surface area contributed by atoms with Gasteiger partial charge in [0.05, 0.1) is 17.3 Å². The van der Waals surface area contributed by atoms with E-state index in [1.165, 1.54) is 0 Å². The molecule has 2 atom stereocenters. The summed E-state index contributed by atoms with van der Waals surface area (Å²) in [6, 6.07) is 3.92. The highest BCUT2D eigenvalue weighted by atomic mass is 32.1. The van der Waals surface area contributed by atoms with E-state index in [-0.39, 0.29) is 16.7 Å². The Morgan fingerprint density at radius 1 is 1.38 bits per heavy atom. The van der Waals surface area contributed by atoms with Gasteiger partial charge in [-0.2, -0.15) is 5.26 Å². The molecule has 0 aromatic carbocycles. The largest absolute Gasteiger partial charge is 0.477 e. The zero-order valence-electron chi connectivity index (χ0n) is 13.2. The summed E-state index contributed by atoms with van der Waals surface area (Å²) in [4.78, 5) is 20.1. The van der Waals surface area contributed by atoms with Gasteiger partial charge in [-0.25, -0.2) is 9.78 Å². The Bertz CT molecular complexity index is 905. The number of pyridine rings is 1. The molecule has 1 aliphatic rings. The number of allylic oxidation sites excluding steroid dienone is 4. The third kappa shape index (κ3) is 2.86. The van der Waals surface area contributed by atoms with Gasteiger partial charge in [0.1, 0.15) is 15.6 Å². The zero-order valence-corrected chi connectivity index (χ0v) is 14.0. The molecule has 0 fully saturated rings. The summed E-state index contributed by atoms with van der Waals surface area (Å²) in [5, 5.41) is 19.2. The predicted octanol–water partition coefficient (Wildman–Crippen LogP) is 3.93. The van der Waals surface area contributed by atoms with Crippen LogP contribution in [0.1, 0.15) is 39.3 Å². The average Bonchev–Trinajstić information content (AvgIpc) is 2.97. The van der Waals surface area contributed by atoms with Crippen LogP contribution < -0.4 is 0 Å². The lowest BCUT2D eigenvalue weighted by molar-refractivity contribution is 0.0701. The van der Waals surface area contributed by atoms with Gasteiger partial charge in [-0.05, 0) is 24.5 Å².